The Morgan fingerprint density at radius 2 is 2.11 bits per heavy atom. The van der Waals surface area contributed by atoms with Crippen molar-refractivity contribution in [3.63, 3.8) is 0 Å². The average molecular weight is 251 g/mol. The maximum absolute atomic E-state index is 13.6. The molecule has 1 aliphatic carbocycles. The van der Waals surface area contributed by atoms with E-state index < -0.39 is 11.6 Å². The van der Waals surface area contributed by atoms with E-state index in [0.717, 1.165) is 17.4 Å². The molecule has 0 atom stereocenters. The molecule has 0 bridgehead atoms. The molecular formula is C14H15F2NO. The Kier molecular flexibility index (Phi) is 2.82. The average Bonchev–Trinajstić information content (AvgIpc) is 3.08. The van der Waals surface area contributed by atoms with Gasteiger partial charge in [0.2, 0.25) is 0 Å². The molecule has 1 saturated carbocycles. The quantitative estimate of drug-likeness (QED) is 0.899. The molecule has 1 N–H and O–H groups in total. The summed E-state index contributed by atoms with van der Waals surface area (Å²) >= 11 is 0. The van der Waals surface area contributed by atoms with Crippen molar-refractivity contribution in [3.8, 4) is 0 Å². The third-order valence-corrected chi connectivity index (χ3v) is 3.38. The number of benzene rings is 1. The molecule has 0 radical (unpaired) electrons. The van der Waals surface area contributed by atoms with Crippen molar-refractivity contribution in [3.05, 3.63) is 35.1 Å². The van der Waals surface area contributed by atoms with Crippen molar-refractivity contribution in [2.24, 2.45) is 0 Å². The van der Waals surface area contributed by atoms with Crippen LogP contribution < -0.4 is 5.32 Å². The van der Waals surface area contributed by atoms with E-state index in [4.69, 9.17) is 4.42 Å². The standard InChI is InChI=1S/C14H15F2NO/c1-2-10-11-5-8(15)6-12(16)14(11)18-13(10)7-17-9-3-4-9/h5-6,9,17H,2-4,7H2,1H3. The van der Waals surface area contributed by atoms with E-state index >= 15 is 0 Å². The van der Waals surface area contributed by atoms with Crippen molar-refractivity contribution in [2.45, 2.75) is 38.8 Å². The predicted octanol–water partition coefficient (Wildman–Crippen LogP) is 3.53. The monoisotopic (exact) mass is 251 g/mol. The number of aryl methyl sites for hydroxylation is 1. The van der Waals surface area contributed by atoms with Crippen molar-refractivity contribution in [1.29, 1.82) is 0 Å². The van der Waals surface area contributed by atoms with Crippen LogP contribution in [0.15, 0.2) is 16.5 Å². The third-order valence-electron chi connectivity index (χ3n) is 3.38. The summed E-state index contributed by atoms with van der Waals surface area (Å²) in [6, 6.07) is 2.77. The molecule has 0 aliphatic heterocycles. The highest BCUT2D eigenvalue weighted by molar-refractivity contribution is 5.83. The van der Waals surface area contributed by atoms with Crippen molar-refractivity contribution in [2.75, 3.05) is 0 Å². The molecule has 18 heavy (non-hydrogen) atoms. The number of rotatable bonds is 4. The first-order valence-electron chi connectivity index (χ1n) is 6.31. The van der Waals surface area contributed by atoms with Gasteiger partial charge in [-0.2, -0.15) is 0 Å². The molecule has 1 aromatic carbocycles. The third kappa shape index (κ3) is 2.01. The Balaban J connectivity index is 2.04. The van der Waals surface area contributed by atoms with E-state index in [0.29, 0.717) is 24.4 Å². The molecule has 1 aromatic heterocycles. The van der Waals surface area contributed by atoms with E-state index in [2.05, 4.69) is 5.32 Å². The summed E-state index contributed by atoms with van der Waals surface area (Å²) in [5, 5.41) is 3.89. The Labute approximate surface area is 104 Å². The van der Waals surface area contributed by atoms with E-state index in [1.807, 2.05) is 6.92 Å². The van der Waals surface area contributed by atoms with Gasteiger partial charge in [-0.3, -0.25) is 0 Å². The number of furan rings is 1. The Morgan fingerprint density at radius 1 is 1.33 bits per heavy atom. The lowest BCUT2D eigenvalue weighted by Gasteiger charge is -2.01. The second-order valence-electron chi connectivity index (χ2n) is 4.78. The summed E-state index contributed by atoms with van der Waals surface area (Å²) < 4.78 is 32.4. The number of hydrogen-bond acceptors (Lipinski definition) is 2. The molecule has 0 unspecified atom stereocenters. The van der Waals surface area contributed by atoms with Gasteiger partial charge in [-0.25, -0.2) is 8.78 Å². The fourth-order valence-electron chi connectivity index (χ4n) is 2.28. The molecule has 1 aliphatic rings. The summed E-state index contributed by atoms with van der Waals surface area (Å²) in [5.41, 5.74) is 1.07. The highest BCUT2D eigenvalue weighted by Gasteiger charge is 2.22. The highest BCUT2D eigenvalue weighted by Crippen LogP contribution is 2.30. The number of nitrogens with one attached hydrogen (secondary N) is 1. The van der Waals surface area contributed by atoms with Crippen LogP contribution in [0.5, 0.6) is 0 Å². The van der Waals surface area contributed by atoms with Crippen LogP contribution in [-0.4, -0.2) is 6.04 Å². The van der Waals surface area contributed by atoms with Crippen LogP contribution in [0.4, 0.5) is 8.78 Å². The molecule has 2 nitrogen and oxygen atoms in total. The number of fused-ring (bicyclic) bond motifs is 1. The van der Waals surface area contributed by atoms with Gasteiger partial charge in [0.15, 0.2) is 11.4 Å². The van der Waals surface area contributed by atoms with E-state index in [-0.39, 0.29) is 5.58 Å². The van der Waals surface area contributed by atoms with Gasteiger partial charge in [-0.05, 0) is 25.3 Å². The normalized spacial score (nSPS) is 15.5. The zero-order valence-corrected chi connectivity index (χ0v) is 10.2. The molecule has 0 amide bonds. The lowest BCUT2D eigenvalue weighted by Crippen LogP contribution is -2.15. The number of halogens is 2. The van der Waals surface area contributed by atoms with Gasteiger partial charge in [0.1, 0.15) is 11.6 Å². The molecule has 0 saturated heterocycles. The van der Waals surface area contributed by atoms with Gasteiger partial charge in [-0.1, -0.05) is 6.92 Å². The SMILES string of the molecule is CCc1c(CNC2CC2)oc2c(F)cc(F)cc12. The van der Waals surface area contributed by atoms with Crippen LogP contribution in [-0.2, 0) is 13.0 Å². The second-order valence-corrected chi connectivity index (χ2v) is 4.78. The van der Waals surface area contributed by atoms with E-state index in [1.54, 1.807) is 0 Å². The summed E-state index contributed by atoms with van der Waals surface area (Å²) in [6.45, 7) is 2.55. The second kappa shape index (κ2) is 4.35. The Morgan fingerprint density at radius 3 is 2.78 bits per heavy atom. The molecule has 1 fully saturated rings. The van der Waals surface area contributed by atoms with Gasteiger partial charge in [0.05, 0.1) is 6.54 Å². The fraction of sp³-hybridized carbons (Fsp3) is 0.429. The van der Waals surface area contributed by atoms with Crippen LogP contribution in [0.3, 0.4) is 0 Å². The number of hydrogen-bond donors (Lipinski definition) is 1. The fourth-order valence-corrected chi connectivity index (χ4v) is 2.28. The minimum atomic E-state index is -0.627. The lowest BCUT2D eigenvalue weighted by molar-refractivity contribution is 0.487. The molecule has 3 rings (SSSR count). The summed E-state index contributed by atoms with van der Waals surface area (Å²) in [5.74, 6) is -0.460. The minimum absolute atomic E-state index is 0.167. The van der Waals surface area contributed by atoms with Crippen LogP contribution in [0.25, 0.3) is 11.0 Å². The van der Waals surface area contributed by atoms with Crippen molar-refractivity contribution < 1.29 is 13.2 Å². The Bertz CT molecular complexity index is 587. The van der Waals surface area contributed by atoms with Gasteiger partial charge in [0, 0.05) is 23.1 Å². The van der Waals surface area contributed by atoms with E-state index in [9.17, 15) is 8.78 Å². The smallest absolute Gasteiger partial charge is 0.170 e. The summed E-state index contributed by atoms with van der Waals surface area (Å²) in [6.07, 6.45) is 3.08. The lowest BCUT2D eigenvalue weighted by atomic mass is 10.1. The molecule has 4 heteroatoms. The van der Waals surface area contributed by atoms with Gasteiger partial charge in [0.25, 0.3) is 0 Å². The zero-order valence-electron chi connectivity index (χ0n) is 10.2. The first-order valence-corrected chi connectivity index (χ1v) is 6.31. The van der Waals surface area contributed by atoms with Crippen LogP contribution in [0, 0.1) is 11.6 Å². The minimum Gasteiger partial charge on any atom is -0.456 e. The van der Waals surface area contributed by atoms with Gasteiger partial charge < -0.3 is 9.73 Å². The molecule has 96 valence electrons. The summed E-state index contributed by atoms with van der Waals surface area (Å²) in [7, 11) is 0. The molecular weight excluding hydrogens is 236 g/mol. The topological polar surface area (TPSA) is 25.2 Å². The van der Waals surface area contributed by atoms with Gasteiger partial charge in [-0.15, -0.1) is 0 Å². The van der Waals surface area contributed by atoms with E-state index in [1.165, 1.54) is 18.9 Å². The van der Waals surface area contributed by atoms with Crippen LogP contribution >= 0.6 is 0 Å². The first-order chi connectivity index (χ1) is 8.69. The Hall–Kier alpha value is -1.42. The van der Waals surface area contributed by atoms with Gasteiger partial charge >= 0.3 is 0 Å². The first kappa shape index (κ1) is 11.7. The maximum atomic E-state index is 13.6. The van der Waals surface area contributed by atoms with Crippen molar-refractivity contribution in [1.82, 2.24) is 5.32 Å². The zero-order chi connectivity index (χ0) is 12.7. The predicted molar refractivity (Wildman–Crippen MR) is 65.4 cm³/mol. The van der Waals surface area contributed by atoms with Crippen molar-refractivity contribution >= 4 is 11.0 Å². The largest absolute Gasteiger partial charge is 0.456 e. The van der Waals surface area contributed by atoms with Crippen LogP contribution in [0.1, 0.15) is 31.1 Å². The summed E-state index contributed by atoms with van der Waals surface area (Å²) in [4.78, 5) is 0. The maximum Gasteiger partial charge on any atom is 0.170 e. The van der Waals surface area contributed by atoms with Crippen LogP contribution in [0.2, 0.25) is 0 Å². The molecule has 0 spiro atoms. The molecule has 2 aromatic rings. The molecule has 1 heterocycles. The highest BCUT2D eigenvalue weighted by atomic mass is 19.1.